The number of aryl methyl sites for hydroxylation is 1. The molecule has 1 atom stereocenters. The molecule has 0 radical (unpaired) electrons. The highest BCUT2D eigenvalue weighted by Crippen LogP contribution is 2.34. The first-order valence-electron chi connectivity index (χ1n) is 12.7. The number of ketones is 1. The fourth-order valence-corrected chi connectivity index (χ4v) is 4.96. The Hall–Kier alpha value is -4.85. The number of nitrogens with one attached hydrogen (secondary N) is 1. The van der Waals surface area contributed by atoms with E-state index in [4.69, 9.17) is 16.3 Å². The van der Waals surface area contributed by atoms with Crippen LogP contribution in [0.4, 0.5) is 14.6 Å². The van der Waals surface area contributed by atoms with Crippen LogP contribution in [0.5, 0.6) is 0 Å². The van der Waals surface area contributed by atoms with Gasteiger partial charge in [-0.1, -0.05) is 18.0 Å². The second-order valence-corrected chi connectivity index (χ2v) is 9.87. The fraction of sp³-hybridized carbons (Fsp3) is 0.259. The highest BCUT2D eigenvalue weighted by Gasteiger charge is 2.29. The Kier molecular flexibility index (Phi) is 8.15. The van der Waals surface area contributed by atoms with Gasteiger partial charge in [-0.05, 0) is 65.6 Å². The van der Waals surface area contributed by atoms with Gasteiger partial charge in [0, 0.05) is 24.2 Å². The Balaban J connectivity index is 1.42. The van der Waals surface area contributed by atoms with Crippen LogP contribution < -0.4 is 10.9 Å². The van der Waals surface area contributed by atoms with Gasteiger partial charge in [-0.2, -0.15) is 9.07 Å². The predicted octanol–water partition coefficient (Wildman–Crippen LogP) is 3.47. The summed E-state index contributed by atoms with van der Waals surface area (Å²) in [4.78, 5) is 53.8. The van der Waals surface area contributed by atoms with E-state index < -0.39 is 53.2 Å². The summed E-state index contributed by atoms with van der Waals surface area (Å²) in [5.74, 6) is -4.17. The number of ether oxygens (including phenoxy) is 1. The molecule has 0 saturated carbocycles. The first-order valence-corrected chi connectivity index (χ1v) is 13.1. The number of benzene rings is 1. The highest BCUT2D eigenvalue weighted by atomic mass is 35.5. The van der Waals surface area contributed by atoms with Gasteiger partial charge in [0.2, 0.25) is 17.6 Å². The summed E-state index contributed by atoms with van der Waals surface area (Å²) in [5.41, 5.74) is -0.100. The summed E-state index contributed by atoms with van der Waals surface area (Å²) in [6.07, 6.45) is 3.12. The Bertz CT molecular complexity index is 1760. The van der Waals surface area contributed by atoms with Crippen molar-refractivity contribution in [3.63, 3.8) is 0 Å². The minimum Gasteiger partial charge on any atom is -0.456 e. The number of hydrogen-bond donors (Lipinski definition) is 1. The smallest absolute Gasteiger partial charge is 0.329 e. The molecular formula is C27H22ClF2N7O5. The number of carbonyl (C=O) groups is 3. The van der Waals surface area contributed by atoms with Crippen LogP contribution in [0.1, 0.15) is 48.3 Å². The van der Waals surface area contributed by atoms with Gasteiger partial charge in [-0.15, -0.1) is 5.10 Å². The normalized spacial score (nSPS) is 14.5. The summed E-state index contributed by atoms with van der Waals surface area (Å²) < 4.78 is 37.4. The molecule has 216 valence electrons. The maximum Gasteiger partial charge on any atom is 0.329 e. The summed E-state index contributed by atoms with van der Waals surface area (Å²) >= 11 is 6.06. The van der Waals surface area contributed by atoms with Gasteiger partial charge in [-0.25, -0.2) is 14.2 Å². The second kappa shape index (κ2) is 11.9. The van der Waals surface area contributed by atoms with Crippen LogP contribution >= 0.6 is 11.6 Å². The SMILES string of the molecule is CC(=O)Nc1ccc(C(=O)COC(=O)C2CCCCc3cc(-c4c(-n5cnnn5)ccc(Cl)c4F)cc(=O)n32)c(F)n1. The van der Waals surface area contributed by atoms with E-state index in [0.717, 1.165) is 6.07 Å². The van der Waals surface area contributed by atoms with Crippen molar-refractivity contribution in [1.29, 1.82) is 0 Å². The van der Waals surface area contributed by atoms with E-state index in [1.54, 1.807) is 6.07 Å². The van der Waals surface area contributed by atoms with Crippen LogP contribution in [0.15, 0.2) is 47.5 Å². The van der Waals surface area contributed by atoms with Crippen molar-refractivity contribution in [2.24, 2.45) is 0 Å². The summed E-state index contributed by atoms with van der Waals surface area (Å²) in [6.45, 7) is 0.429. The second-order valence-electron chi connectivity index (χ2n) is 9.46. The number of amides is 1. The molecule has 1 amide bonds. The van der Waals surface area contributed by atoms with Crippen LogP contribution in [-0.4, -0.2) is 54.0 Å². The predicted molar refractivity (Wildman–Crippen MR) is 144 cm³/mol. The number of hydrogen-bond acceptors (Lipinski definition) is 9. The van der Waals surface area contributed by atoms with Crippen molar-refractivity contribution >= 4 is 35.1 Å². The number of esters is 1. The van der Waals surface area contributed by atoms with Crippen molar-refractivity contribution in [3.8, 4) is 16.8 Å². The number of nitrogens with zero attached hydrogens (tertiary/aromatic N) is 6. The average Bonchev–Trinajstić information content (AvgIpc) is 3.39. The van der Waals surface area contributed by atoms with Gasteiger partial charge < -0.3 is 10.1 Å². The molecular weight excluding hydrogens is 576 g/mol. The number of Topliss-reactive ketones (excluding diaryl/α,β-unsaturated/α-hetero) is 1. The molecule has 15 heteroatoms. The Morgan fingerprint density at radius 1 is 1.14 bits per heavy atom. The van der Waals surface area contributed by atoms with Gasteiger partial charge in [0.15, 0.2) is 12.4 Å². The molecule has 4 heterocycles. The molecule has 1 aliphatic rings. The summed E-state index contributed by atoms with van der Waals surface area (Å²) in [7, 11) is 0. The molecule has 12 nitrogen and oxygen atoms in total. The molecule has 4 aromatic rings. The van der Waals surface area contributed by atoms with E-state index in [1.807, 2.05) is 0 Å². The van der Waals surface area contributed by atoms with Crippen molar-refractivity contribution in [2.75, 3.05) is 11.9 Å². The van der Waals surface area contributed by atoms with Gasteiger partial charge in [0.25, 0.3) is 5.56 Å². The molecule has 3 aromatic heterocycles. The summed E-state index contributed by atoms with van der Waals surface area (Å²) in [6, 6.07) is 6.94. The van der Waals surface area contributed by atoms with Crippen molar-refractivity contribution < 1.29 is 27.9 Å². The van der Waals surface area contributed by atoms with Gasteiger partial charge >= 0.3 is 5.97 Å². The number of anilines is 1. The zero-order chi connectivity index (χ0) is 30.0. The van der Waals surface area contributed by atoms with E-state index in [0.29, 0.717) is 25.0 Å². The molecule has 5 rings (SSSR count). The molecule has 1 aliphatic heterocycles. The number of halogens is 3. The number of rotatable bonds is 7. The Morgan fingerprint density at radius 3 is 2.67 bits per heavy atom. The number of aromatic nitrogens is 6. The van der Waals surface area contributed by atoms with Gasteiger partial charge in [-0.3, -0.25) is 19.0 Å². The van der Waals surface area contributed by atoms with Crippen LogP contribution in [-0.2, 0) is 20.7 Å². The van der Waals surface area contributed by atoms with Crippen molar-refractivity contribution in [2.45, 2.75) is 38.6 Å². The average molecular weight is 598 g/mol. The lowest BCUT2D eigenvalue weighted by Gasteiger charge is -2.21. The Morgan fingerprint density at radius 2 is 1.95 bits per heavy atom. The van der Waals surface area contributed by atoms with Crippen LogP contribution in [0, 0.1) is 11.8 Å². The number of tetrazole rings is 1. The molecule has 0 aliphatic carbocycles. The fourth-order valence-electron chi connectivity index (χ4n) is 4.80. The first kappa shape index (κ1) is 28.7. The van der Waals surface area contributed by atoms with Crippen LogP contribution in [0.2, 0.25) is 5.02 Å². The number of pyridine rings is 2. The quantitative estimate of drug-likeness (QED) is 0.192. The van der Waals surface area contributed by atoms with Crippen molar-refractivity contribution in [1.82, 2.24) is 29.8 Å². The van der Waals surface area contributed by atoms with Gasteiger partial charge in [0.05, 0.1) is 16.3 Å². The molecule has 0 fully saturated rings. The molecule has 0 bridgehead atoms. The zero-order valence-corrected chi connectivity index (χ0v) is 22.8. The topological polar surface area (TPSA) is 151 Å². The van der Waals surface area contributed by atoms with Gasteiger partial charge in [0.1, 0.15) is 18.2 Å². The van der Waals surface area contributed by atoms with E-state index in [1.165, 1.54) is 46.8 Å². The highest BCUT2D eigenvalue weighted by molar-refractivity contribution is 6.31. The maximum absolute atomic E-state index is 15.3. The molecule has 1 aromatic carbocycles. The third kappa shape index (κ3) is 5.79. The van der Waals surface area contributed by atoms with E-state index in [2.05, 4.69) is 25.8 Å². The van der Waals surface area contributed by atoms with E-state index >= 15 is 4.39 Å². The van der Waals surface area contributed by atoms with Crippen LogP contribution in [0.25, 0.3) is 16.8 Å². The monoisotopic (exact) mass is 597 g/mol. The van der Waals surface area contributed by atoms with E-state index in [9.17, 15) is 23.6 Å². The number of carbonyl (C=O) groups excluding carboxylic acids is 3. The minimum absolute atomic E-state index is 0.00410. The standard InChI is InChI=1S/C27H22ClF2N7O5/c1-14(38)32-22-9-6-17(26(30)33-22)21(39)12-42-27(41)20-5-3-2-4-16-10-15(11-23(40)37(16)20)24-19(36-13-31-34-35-36)8-7-18(28)25(24)29/h6-11,13,20H,2-5,12H2,1H3,(H,32,33,38). The largest absolute Gasteiger partial charge is 0.456 e. The molecule has 0 spiro atoms. The third-order valence-electron chi connectivity index (χ3n) is 6.65. The molecule has 1 N–H and O–H groups in total. The maximum atomic E-state index is 15.3. The lowest BCUT2D eigenvalue weighted by atomic mass is 10.0. The lowest BCUT2D eigenvalue weighted by Crippen LogP contribution is -2.33. The van der Waals surface area contributed by atoms with Crippen molar-refractivity contribution in [3.05, 3.63) is 81.1 Å². The lowest BCUT2D eigenvalue weighted by molar-refractivity contribution is -0.146. The molecule has 42 heavy (non-hydrogen) atoms. The minimum atomic E-state index is -1.14. The molecule has 1 unspecified atom stereocenters. The summed E-state index contributed by atoms with van der Waals surface area (Å²) in [5, 5.41) is 13.1. The van der Waals surface area contributed by atoms with Crippen LogP contribution in [0.3, 0.4) is 0 Å². The molecule has 0 saturated heterocycles. The first-order chi connectivity index (χ1) is 20.1. The number of fused-ring (bicyclic) bond motifs is 1. The third-order valence-corrected chi connectivity index (χ3v) is 6.94. The van der Waals surface area contributed by atoms with E-state index in [-0.39, 0.29) is 34.1 Å². The Labute approximate surface area is 241 Å². The zero-order valence-electron chi connectivity index (χ0n) is 22.0.